The van der Waals surface area contributed by atoms with Crippen molar-refractivity contribution in [2.75, 3.05) is 18.4 Å². The predicted molar refractivity (Wildman–Crippen MR) is 73.9 cm³/mol. The third kappa shape index (κ3) is 2.28. The lowest BCUT2D eigenvalue weighted by Crippen LogP contribution is -2.35. The number of nitrogens with one attached hydrogen (secondary N) is 2. The lowest BCUT2D eigenvalue weighted by Gasteiger charge is -2.24. The van der Waals surface area contributed by atoms with Crippen LogP contribution in [0.2, 0.25) is 0 Å². The molecule has 2 aromatic rings. The molecule has 2 N–H and O–H groups in total. The van der Waals surface area contributed by atoms with Crippen LogP contribution in [-0.4, -0.2) is 24.1 Å². The average Bonchev–Trinajstić information content (AvgIpc) is 2.72. The molecule has 90 valence electrons. The number of nitrogens with zero attached hydrogens (tertiary/aromatic N) is 1. The van der Waals surface area contributed by atoms with Crippen molar-refractivity contribution in [3.8, 4) is 0 Å². The maximum atomic E-state index is 4.62. The van der Waals surface area contributed by atoms with E-state index in [1.165, 1.54) is 23.2 Å². The minimum atomic E-state index is 0.587. The number of anilines is 1. The van der Waals surface area contributed by atoms with Crippen LogP contribution in [0.3, 0.4) is 0 Å². The fourth-order valence-electron chi connectivity index (χ4n) is 2.36. The molecule has 1 saturated heterocycles. The summed E-state index contributed by atoms with van der Waals surface area (Å²) in [5, 5.41) is 8.17. The summed E-state index contributed by atoms with van der Waals surface area (Å²) in [6.07, 6.45) is 2.39. The van der Waals surface area contributed by atoms with E-state index in [9.17, 15) is 0 Å². The van der Waals surface area contributed by atoms with Gasteiger partial charge >= 0.3 is 0 Å². The summed E-state index contributed by atoms with van der Waals surface area (Å²) in [7, 11) is 0. The van der Waals surface area contributed by atoms with Crippen molar-refractivity contribution in [2.45, 2.75) is 25.8 Å². The Hall–Kier alpha value is -1.13. The topological polar surface area (TPSA) is 37.0 Å². The van der Waals surface area contributed by atoms with Gasteiger partial charge < -0.3 is 10.6 Å². The molecule has 2 heterocycles. The minimum Gasteiger partial charge on any atom is -0.380 e. The molecule has 1 aromatic carbocycles. The molecular formula is C13H17N3S. The quantitative estimate of drug-likeness (QED) is 0.857. The predicted octanol–water partition coefficient (Wildman–Crippen LogP) is 2.77. The van der Waals surface area contributed by atoms with Gasteiger partial charge in [0.2, 0.25) is 0 Å². The smallest absolute Gasteiger partial charge is 0.105 e. The van der Waals surface area contributed by atoms with Crippen molar-refractivity contribution < 1.29 is 0 Å². The highest BCUT2D eigenvalue weighted by Gasteiger charge is 2.14. The van der Waals surface area contributed by atoms with E-state index in [1.54, 1.807) is 11.3 Å². The number of benzene rings is 1. The van der Waals surface area contributed by atoms with Crippen molar-refractivity contribution in [1.82, 2.24) is 10.3 Å². The van der Waals surface area contributed by atoms with E-state index in [1.807, 2.05) is 0 Å². The number of piperidine rings is 1. The van der Waals surface area contributed by atoms with E-state index in [0.29, 0.717) is 6.04 Å². The average molecular weight is 247 g/mol. The Bertz CT molecular complexity index is 514. The molecule has 3 nitrogen and oxygen atoms in total. The lowest BCUT2D eigenvalue weighted by molar-refractivity contribution is 0.479. The maximum absolute atomic E-state index is 4.62. The van der Waals surface area contributed by atoms with Crippen LogP contribution in [-0.2, 0) is 0 Å². The highest BCUT2D eigenvalue weighted by molar-refractivity contribution is 7.18. The van der Waals surface area contributed by atoms with Crippen LogP contribution >= 0.6 is 11.3 Å². The largest absolute Gasteiger partial charge is 0.380 e. The fourth-order valence-corrected chi connectivity index (χ4v) is 3.22. The number of thiazole rings is 1. The SMILES string of the molecule is Cc1nc2c(NC3CCNCC3)cccc2s1. The first kappa shape index (κ1) is 11.0. The van der Waals surface area contributed by atoms with Crippen molar-refractivity contribution in [3.05, 3.63) is 23.2 Å². The Morgan fingerprint density at radius 3 is 3.00 bits per heavy atom. The molecule has 0 spiro atoms. The zero-order valence-corrected chi connectivity index (χ0v) is 10.8. The van der Waals surface area contributed by atoms with Gasteiger partial charge in [-0.1, -0.05) is 6.07 Å². The molecule has 0 saturated carbocycles. The van der Waals surface area contributed by atoms with Crippen LogP contribution in [0.15, 0.2) is 18.2 Å². The number of hydrogen-bond donors (Lipinski definition) is 2. The van der Waals surface area contributed by atoms with Crippen LogP contribution in [0.4, 0.5) is 5.69 Å². The summed E-state index contributed by atoms with van der Waals surface area (Å²) in [6, 6.07) is 6.99. The summed E-state index contributed by atoms with van der Waals surface area (Å²) in [6.45, 7) is 4.30. The number of fused-ring (bicyclic) bond motifs is 1. The molecule has 1 fully saturated rings. The third-order valence-corrected chi connectivity index (χ3v) is 4.16. The van der Waals surface area contributed by atoms with Crippen LogP contribution in [0, 0.1) is 6.92 Å². The van der Waals surface area contributed by atoms with Gasteiger partial charge in [-0.2, -0.15) is 0 Å². The van der Waals surface area contributed by atoms with Gasteiger partial charge in [-0.3, -0.25) is 0 Å². The van der Waals surface area contributed by atoms with Gasteiger partial charge in [0.05, 0.1) is 15.4 Å². The second-order valence-electron chi connectivity index (χ2n) is 4.55. The van der Waals surface area contributed by atoms with Crippen molar-refractivity contribution in [3.63, 3.8) is 0 Å². The standard InChI is InChI=1S/C13H17N3S/c1-9-15-13-11(3-2-4-12(13)17-9)16-10-5-7-14-8-6-10/h2-4,10,14,16H,5-8H2,1H3. The van der Waals surface area contributed by atoms with Crippen LogP contribution in [0.5, 0.6) is 0 Å². The summed E-state index contributed by atoms with van der Waals surface area (Å²) in [5.74, 6) is 0. The van der Waals surface area contributed by atoms with E-state index in [-0.39, 0.29) is 0 Å². The summed E-state index contributed by atoms with van der Waals surface area (Å²) >= 11 is 1.76. The zero-order chi connectivity index (χ0) is 11.7. The van der Waals surface area contributed by atoms with E-state index >= 15 is 0 Å². The molecule has 0 atom stereocenters. The Kier molecular flexibility index (Phi) is 2.99. The number of aromatic nitrogens is 1. The normalized spacial score (nSPS) is 17.5. The Labute approximate surface area is 105 Å². The first-order valence-electron chi connectivity index (χ1n) is 6.16. The monoisotopic (exact) mass is 247 g/mol. The second-order valence-corrected chi connectivity index (χ2v) is 5.79. The summed E-state index contributed by atoms with van der Waals surface area (Å²) < 4.78 is 1.28. The van der Waals surface area contributed by atoms with Gasteiger partial charge in [0.1, 0.15) is 5.52 Å². The van der Waals surface area contributed by atoms with Gasteiger partial charge in [0, 0.05) is 6.04 Å². The van der Waals surface area contributed by atoms with Crippen LogP contribution in [0.25, 0.3) is 10.2 Å². The van der Waals surface area contributed by atoms with E-state index in [0.717, 1.165) is 23.6 Å². The molecule has 0 unspecified atom stereocenters. The van der Waals surface area contributed by atoms with Crippen LogP contribution < -0.4 is 10.6 Å². The number of rotatable bonds is 2. The second kappa shape index (κ2) is 4.63. The van der Waals surface area contributed by atoms with Gasteiger partial charge in [-0.25, -0.2) is 4.98 Å². The highest BCUT2D eigenvalue weighted by Crippen LogP contribution is 2.28. The number of para-hydroxylation sites is 1. The Balaban J connectivity index is 1.88. The Morgan fingerprint density at radius 1 is 1.35 bits per heavy atom. The van der Waals surface area contributed by atoms with Gasteiger partial charge in [-0.15, -0.1) is 11.3 Å². The molecule has 0 aliphatic carbocycles. The molecule has 17 heavy (non-hydrogen) atoms. The molecule has 1 aromatic heterocycles. The van der Waals surface area contributed by atoms with Crippen molar-refractivity contribution in [1.29, 1.82) is 0 Å². The van der Waals surface area contributed by atoms with Gasteiger partial charge in [0.25, 0.3) is 0 Å². The zero-order valence-electron chi connectivity index (χ0n) is 9.99. The van der Waals surface area contributed by atoms with Crippen molar-refractivity contribution in [2.24, 2.45) is 0 Å². The molecule has 0 radical (unpaired) electrons. The van der Waals surface area contributed by atoms with E-state index in [2.05, 4.69) is 40.7 Å². The fraction of sp³-hybridized carbons (Fsp3) is 0.462. The Morgan fingerprint density at radius 2 is 2.18 bits per heavy atom. The van der Waals surface area contributed by atoms with E-state index in [4.69, 9.17) is 0 Å². The summed E-state index contributed by atoms with van der Waals surface area (Å²) in [4.78, 5) is 4.62. The molecule has 0 amide bonds. The molecular weight excluding hydrogens is 230 g/mol. The molecule has 0 bridgehead atoms. The van der Waals surface area contributed by atoms with E-state index < -0.39 is 0 Å². The molecule has 1 aliphatic heterocycles. The maximum Gasteiger partial charge on any atom is 0.105 e. The lowest BCUT2D eigenvalue weighted by atomic mass is 10.1. The minimum absolute atomic E-state index is 0.587. The van der Waals surface area contributed by atoms with Gasteiger partial charge in [0.15, 0.2) is 0 Å². The molecule has 1 aliphatic rings. The number of hydrogen-bond acceptors (Lipinski definition) is 4. The molecule has 4 heteroatoms. The molecule has 3 rings (SSSR count). The highest BCUT2D eigenvalue weighted by atomic mass is 32.1. The number of aryl methyl sites for hydroxylation is 1. The van der Waals surface area contributed by atoms with Crippen molar-refractivity contribution >= 4 is 27.2 Å². The van der Waals surface area contributed by atoms with Gasteiger partial charge in [-0.05, 0) is 45.0 Å². The van der Waals surface area contributed by atoms with Crippen LogP contribution in [0.1, 0.15) is 17.8 Å². The third-order valence-electron chi connectivity index (χ3n) is 3.22. The summed E-state index contributed by atoms with van der Waals surface area (Å²) in [5.41, 5.74) is 2.33. The first-order chi connectivity index (χ1) is 8.33. The first-order valence-corrected chi connectivity index (χ1v) is 6.98.